The molecule has 11 nitrogen and oxygen atoms in total. The zero-order valence-electron chi connectivity index (χ0n) is 30.0. The van der Waals surface area contributed by atoms with Gasteiger partial charge in [0, 0.05) is 11.9 Å². The molecule has 3 N–H and O–H groups in total. The lowest BCUT2D eigenvalue weighted by Crippen LogP contribution is -2.61. The number of carbonyl (C=O) groups is 4. The van der Waals surface area contributed by atoms with Crippen LogP contribution in [-0.2, 0) is 28.3 Å². The van der Waals surface area contributed by atoms with Gasteiger partial charge in [-0.3, -0.25) is 24.2 Å². The van der Waals surface area contributed by atoms with Crippen LogP contribution in [0, 0.1) is 11.8 Å². The Morgan fingerprint density at radius 1 is 1.00 bits per heavy atom. The first-order chi connectivity index (χ1) is 22.4. The first-order valence-electron chi connectivity index (χ1n) is 17.0. The molecule has 12 heteroatoms. The summed E-state index contributed by atoms with van der Waals surface area (Å²) >= 11 is 0. The van der Waals surface area contributed by atoms with Crippen LogP contribution < -0.4 is 16.1 Å². The van der Waals surface area contributed by atoms with E-state index in [4.69, 9.17) is 14.1 Å². The van der Waals surface area contributed by atoms with Gasteiger partial charge in [-0.05, 0) is 75.4 Å². The number of rotatable bonds is 4. The summed E-state index contributed by atoms with van der Waals surface area (Å²) in [4.78, 5) is 59.1. The number of amides is 3. The van der Waals surface area contributed by atoms with Gasteiger partial charge >= 0.3 is 5.97 Å². The average molecular weight is 680 g/mol. The average Bonchev–Trinajstić information content (AvgIpc) is 3.01. The number of hydrazine groups is 1. The molecular weight excluding hydrogens is 627 g/mol. The predicted molar refractivity (Wildman–Crippen MR) is 189 cm³/mol. The number of pyridine rings is 1. The van der Waals surface area contributed by atoms with Crippen molar-refractivity contribution in [3.05, 3.63) is 47.7 Å². The number of nitrogens with zero attached hydrogens (tertiary/aromatic N) is 2. The summed E-state index contributed by atoms with van der Waals surface area (Å²) in [5.74, 6) is -2.67. The summed E-state index contributed by atoms with van der Waals surface area (Å²) in [6.45, 7) is 20.1. The first kappa shape index (κ1) is 37.2. The number of aromatic nitrogens is 1. The molecule has 1 aromatic heterocycles. The first-order valence-corrected chi connectivity index (χ1v) is 19.9. The van der Waals surface area contributed by atoms with Gasteiger partial charge in [0.1, 0.15) is 24.2 Å². The summed E-state index contributed by atoms with van der Waals surface area (Å²) in [7, 11) is -2.27. The van der Waals surface area contributed by atoms with E-state index in [9.17, 15) is 19.2 Å². The van der Waals surface area contributed by atoms with Crippen LogP contribution in [0.3, 0.4) is 0 Å². The minimum atomic E-state index is -2.27. The van der Waals surface area contributed by atoms with Crippen molar-refractivity contribution in [2.45, 2.75) is 117 Å². The molecule has 1 fully saturated rings. The SMILES string of the molecule is CC(C)[C@@H]1NC(=O)[C@@H]([C@@H](C)O[Si](C)(C)C(C)(C)C)/C=C/c2ccc3ccc(nc3c2)[C@@H](C)OC(=O)[C@@H]2CCCN(N2)C(=O)[C@H](C)NC1=O. The van der Waals surface area contributed by atoms with Gasteiger partial charge in [-0.15, -0.1) is 0 Å². The fourth-order valence-corrected chi connectivity index (χ4v) is 7.11. The monoisotopic (exact) mass is 679 g/mol. The van der Waals surface area contributed by atoms with Crippen LogP contribution in [0.25, 0.3) is 17.0 Å². The number of cyclic esters (lactones) is 1. The highest BCUT2D eigenvalue weighted by molar-refractivity contribution is 6.74. The number of fused-ring (bicyclic) bond motifs is 4. The fraction of sp³-hybridized carbons (Fsp3) is 0.583. The maximum Gasteiger partial charge on any atom is 0.325 e. The van der Waals surface area contributed by atoms with E-state index in [1.165, 1.54) is 5.01 Å². The predicted octanol–water partition coefficient (Wildman–Crippen LogP) is 5.03. The minimum absolute atomic E-state index is 0.0765. The Balaban J connectivity index is 1.76. The van der Waals surface area contributed by atoms with Crippen molar-refractivity contribution in [1.82, 2.24) is 26.1 Å². The van der Waals surface area contributed by atoms with E-state index >= 15 is 0 Å². The number of hydrogen-bond donors (Lipinski definition) is 3. The molecule has 0 spiro atoms. The van der Waals surface area contributed by atoms with Crippen LogP contribution in [0.5, 0.6) is 0 Å². The van der Waals surface area contributed by atoms with Gasteiger partial charge in [0.2, 0.25) is 11.8 Å². The highest BCUT2D eigenvalue weighted by atomic mass is 28.4. The lowest BCUT2D eigenvalue weighted by atomic mass is 9.97. The van der Waals surface area contributed by atoms with Crippen molar-refractivity contribution in [2.75, 3.05) is 6.54 Å². The smallest absolute Gasteiger partial charge is 0.325 e. The van der Waals surface area contributed by atoms with E-state index in [0.29, 0.717) is 30.6 Å². The molecule has 2 aliphatic rings. The van der Waals surface area contributed by atoms with E-state index < -0.39 is 62.4 Å². The molecule has 1 aromatic carbocycles. The van der Waals surface area contributed by atoms with E-state index in [-0.39, 0.29) is 16.9 Å². The van der Waals surface area contributed by atoms with Crippen molar-refractivity contribution in [3.8, 4) is 0 Å². The molecule has 5 bridgehead atoms. The molecule has 0 saturated carbocycles. The van der Waals surface area contributed by atoms with Crippen LogP contribution in [-0.4, -0.2) is 72.8 Å². The Morgan fingerprint density at radius 3 is 2.35 bits per heavy atom. The standard InChI is InChI=1S/C36H53N5O6Si/c1-21(2)31-33(43)37-22(3)34(44)41-19-11-12-29(40-41)35(45)46-24(5)28-18-16-26-15-13-25(20-30(26)38-28)14-17-27(32(42)39-31)23(4)47-48(9,10)36(6,7)8/h13-18,20-24,27,29,31,40H,11-12,19H2,1-10H3,(H,37,43)(H,39,42)/b17-14+/t22-,23+,24+,27+,29-,31-/m0/s1. The molecule has 1 saturated heterocycles. The van der Waals surface area contributed by atoms with Gasteiger partial charge in [0.15, 0.2) is 8.32 Å². The van der Waals surface area contributed by atoms with Crippen molar-refractivity contribution >= 4 is 49.0 Å². The van der Waals surface area contributed by atoms with Crippen LogP contribution in [0.4, 0.5) is 0 Å². The lowest BCUT2D eigenvalue weighted by Gasteiger charge is -2.40. The molecule has 4 rings (SSSR count). The Morgan fingerprint density at radius 2 is 1.69 bits per heavy atom. The number of hydrogen-bond acceptors (Lipinski definition) is 8. The van der Waals surface area contributed by atoms with Gasteiger partial charge in [-0.1, -0.05) is 65.0 Å². The minimum Gasteiger partial charge on any atom is -0.455 e. The molecule has 3 amide bonds. The molecule has 6 atom stereocenters. The number of nitrogens with one attached hydrogen (secondary N) is 3. The summed E-state index contributed by atoms with van der Waals surface area (Å²) in [5, 5.41) is 7.97. The summed E-state index contributed by atoms with van der Waals surface area (Å²) in [6.07, 6.45) is 3.66. The van der Waals surface area contributed by atoms with Crippen molar-refractivity contribution in [3.63, 3.8) is 0 Å². The van der Waals surface area contributed by atoms with Crippen molar-refractivity contribution in [2.24, 2.45) is 11.8 Å². The third kappa shape index (κ3) is 8.69. The Hall–Kier alpha value is -3.61. The summed E-state index contributed by atoms with van der Waals surface area (Å²) in [5.41, 5.74) is 5.14. The summed E-state index contributed by atoms with van der Waals surface area (Å²) < 4.78 is 12.5. The molecule has 3 heterocycles. The molecule has 0 aliphatic carbocycles. The maximum absolute atomic E-state index is 14.1. The summed E-state index contributed by atoms with van der Waals surface area (Å²) in [6, 6.07) is 7.08. The van der Waals surface area contributed by atoms with E-state index in [0.717, 1.165) is 10.9 Å². The fourth-order valence-electron chi connectivity index (χ4n) is 5.68. The second-order valence-corrected chi connectivity index (χ2v) is 19.8. The van der Waals surface area contributed by atoms with E-state index in [2.05, 4.69) is 49.9 Å². The number of carbonyl (C=O) groups excluding carboxylic acids is 4. The van der Waals surface area contributed by atoms with Gasteiger partial charge in [0.05, 0.1) is 23.2 Å². The molecule has 0 unspecified atom stereocenters. The third-order valence-corrected chi connectivity index (χ3v) is 14.3. The molecule has 0 radical (unpaired) electrons. The zero-order valence-corrected chi connectivity index (χ0v) is 31.0. The highest BCUT2D eigenvalue weighted by Crippen LogP contribution is 2.38. The Bertz CT molecular complexity index is 1550. The van der Waals surface area contributed by atoms with Gasteiger partial charge in [-0.25, -0.2) is 10.4 Å². The largest absolute Gasteiger partial charge is 0.455 e. The second-order valence-electron chi connectivity index (χ2n) is 15.0. The topological polar surface area (TPSA) is 139 Å². The number of esters is 1. The molecular formula is C36H53N5O6Si. The van der Waals surface area contributed by atoms with Crippen LogP contribution in [0.15, 0.2) is 36.4 Å². The normalized spacial score (nSPS) is 26.6. The quantitative estimate of drug-likeness (QED) is 0.302. The number of ether oxygens (including phenoxy) is 1. The van der Waals surface area contributed by atoms with E-state index in [1.54, 1.807) is 13.8 Å². The van der Waals surface area contributed by atoms with Crippen LogP contribution in [0.1, 0.15) is 85.6 Å². The molecule has 262 valence electrons. The maximum atomic E-state index is 14.1. The highest BCUT2D eigenvalue weighted by Gasteiger charge is 2.41. The third-order valence-electron chi connectivity index (χ3n) is 9.75. The van der Waals surface area contributed by atoms with Crippen molar-refractivity contribution < 1.29 is 28.3 Å². The van der Waals surface area contributed by atoms with Crippen LogP contribution >= 0.6 is 0 Å². The molecule has 2 aliphatic heterocycles. The Labute approximate surface area is 285 Å². The number of benzene rings is 1. The molecule has 2 aromatic rings. The van der Waals surface area contributed by atoms with Gasteiger partial charge in [0.25, 0.3) is 5.91 Å². The van der Waals surface area contributed by atoms with Crippen LogP contribution in [0.2, 0.25) is 18.1 Å². The Kier molecular flexibility index (Phi) is 11.5. The van der Waals surface area contributed by atoms with Crippen molar-refractivity contribution in [1.29, 1.82) is 0 Å². The zero-order chi connectivity index (χ0) is 35.6. The molecule has 48 heavy (non-hydrogen) atoms. The van der Waals surface area contributed by atoms with Gasteiger partial charge < -0.3 is 19.8 Å². The second kappa shape index (κ2) is 14.9. The van der Waals surface area contributed by atoms with Gasteiger partial charge in [-0.2, -0.15) is 0 Å². The van der Waals surface area contributed by atoms with E-state index in [1.807, 2.05) is 63.3 Å². The lowest BCUT2D eigenvalue weighted by molar-refractivity contribution is -0.157.